The molecule has 1 atom stereocenters. The summed E-state index contributed by atoms with van der Waals surface area (Å²) in [7, 11) is 0. The van der Waals surface area contributed by atoms with Gasteiger partial charge in [0.25, 0.3) is 0 Å². The lowest BCUT2D eigenvalue weighted by Crippen LogP contribution is -2.03. The van der Waals surface area contributed by atoms with E-state index in [1.165, 1.54) is 0 Å². The van der Waals surface area contributed by atoms with Crippen molar-refractivity contribution in [2.24, 2.45) is 0 Å². The molecule has 0 saturated carbocycles. The van der Waals surface area contributed by atoms with Gasteiger partial charge in [0.1, 0.15) is 12.4 Å². The number of nitrogens with zero attached hydrogens (tertiary/aromatic N) is 2. The van der Waals surface area contributed by atoms with Crippen molar-refractivity contribution in [3.8, 4) is 5.75 Å². The molecule has 4 nitrogen and oxygen atoms in total. The maximum Gasteiger partial charge on any atom is 0.166 e. The molecule has 0 amide bonds. The van der Waals surface area contributed by atoms with E-state index in [-0.39, 0.29) is 6.61 Å². The Morgan fingerprint density at radius 2 is 2.06 bits per heavy atom. The maximum absolute atomic E-state index is 9.66. The van der Waals surface area contributed by atoms with Crippen LogP contribution in [0.3, 0.4) is 0 Å². The summed E-state index contributed by atoms with van der Waals surface area (Å²) in [5, 5.41) is 10.2. The molecule has 0 bridgehead atoms. The van der Waals surface area contributed by atoms with Crippen molar-refractivity contribution in [2.75, 3.05) is 0 Å². The van der Waals surface area contributed by atoms with Crippen molar-refractivity contribution >= 4 is 11.6 Å². The van der Waals surface area contributed by atoms with Crippen LogP contribution in [-0.4, -0.2) is 15.1 Å². The number of aliphatic hydroxyl groups excluding tert-OH is 1. The van der Waals surface area contributed by atoms with E-state index in [9.17, 15) is 5.11 Å². The van der Waals surface area contributed by atoms with Crippen LogP contribution in [0.1, 0.15) is 24.4 Å². The van der Waals surface area contributed by atoms with E-state index in [0.29, 0.717) is 22.2 Å². The molecular formula is C13H13ClN2O2. The van der Waals surface area contributed by atoms with E-state index in [2.05, 4.69) is 9.97 Å². The summed E-state index contributed by atoms with van der Waals surface area (Å²) < 4.78 is 5.60. The first-order valence-corrected chi connectivity index (χ1v) is 5.91. The van der Waals surface area contributed by atoms with E-state index < -0.39 is 6.10 Å². The van der Waals surface area contributed by atoms with Crippen molar-refractivity contribution in [3.63, 3.8) is 0 Å². The second-order valence-electron chi connectivity index (χ2n) is 3.81. The largest absolute Gasteiger partial charge is 0.485 e. The van der Waals surface area contributed by atoms with E-state index in [1.54, 1.807) is 43.6 Å². The summed E-state index contributed by atoms with van der Waals surface area (Å²) >= 11 is 5.89. The quantitative estimate of drug-likeness (QED) is 0.923. The third kappa shape index (κ3) is 3.18. The van der Waals surface area contributed by atoms with Crippen molar-refractivity contribution in [2.45, 2.75) is 19.6 Å². The van der Waals surface area contributed by atoms with Crippen LogP contribution in [0.4, 0.5) is 0 Å². The van der Waals surface area contributed by atoms with Gasteiger partial charge in [-0.25, -0.2) is 9.97 Å². The second kappa shape index (κ2) is 5.80. The molecule has 2 rings (SSSR count). The zero-order valence-electron chi connectivity index (χ0n) is 9.88. The van der Waals surface area contributed by atoms with E-state index in [1.807, 2.05) is 0 Å². The highest BCUT2D eigenvalue weighted by atomic mass is 35.5. The molecule has 1 aromatic heterocycles. The minimum atomic E-state index is -0.643. The van der Waals surface area contributed by atoms with Gasteiger partial charge in [0.15, 0.2) is 5.82 Å². The monoisotopic (exact) mass is 264 g/mol. The first-order chi connectivity index (χ1) is 8.66. The van der Waals surface area contributed by atoms with Gasteiger partial charge in [0.05, 0.1) is 6.10 Å². The Hall–Kier alpha value is -1.65. The molecule has 0 saturated heterocycles. The van der Waals surface area contributed by atoms with Crippen LogP contribution >= 0.6 is 11.6 Å². The fraction of sp³-hybridized carbons (Fsp3) is 0.231. The van der Waals surface area contributed by atoms with Crippen molar-refractivity contribution in [3.05, 3.63) is 53.1 Å². The Kier molecular flexibility index (Phi) is 4.12. The van der Waals surface area contributed by atoms with Gasteiger partial charge in [0, 0.05) is 23.0 Å². The van der Waals surface area contributed by atoms with Crippen LogP contribution in [-0.2, 0) is 6.61 Å². The first kappa shape index (κ1) is 12.8. The molecule has 1 aromatic carbocycles. The van der Waals surface area contributed by atoms with Crippen LogP contribution < -0.4 is 4.74 Å². The van der Waals surface area contributed by atoms with Gasteiger partial charge in [-0.05, 0) is 31.2 Å². The maximum atomic E-state index is 9.66. The Morgan fingerprint density at radius 1 is 1.33 bits per heavy atom. The SMILES string of the molecule is CC(O)c1cc(Cl)ccc1OCc1ncccn1. The summed E-state index contributed by atoms with van der Waals surface area (Å²) in [6, 6.07) is 6.88. The minimum absolute atomic E-state index is 0.252. The number of aliphatic hydroxyl groups is 1. The second-order valence-corrected chi connectivity index (χ2v) is 4.25. The third-order valence-corrected chi connectivity index (χ3v) is 2.63. The molecule has 2 aromatic rings. The number of hydrogen-bond acceptors (Lipinski definition) is 4. The lowest BCUT2D eigenvalue weighted by atomic mass is 10.1. The molecule has 5 heteroatoms. The van der Waals surface area contributed by atoms with Crippen LogP contribution in [0.5, 0.6) is 5.75 Å². The molecule has 1 N–H and O–H groups in total. The van der Waals surface area contributed by atoms with Crippen LogP contribution in [0, 0.1) is 0 Å². The predicted octanol–water partition coefficient (Wildman–Crippen LogP) is 2.76. The standard InChI is InChI=1S/C13H13ClN2O2/c1-9(17)11-7-10(14)3-4-12(11)18-8-13-15-5-2-6-16-13/h2-7,9,17H,8H2,1H3. The molecule has 0 aliphatic heterocycles. The fourth-order valence-electron chi connectivity index (χ4n) is 1.52. The van der Waals surface area contributed by atoms with Gasteiger partial charge in [-0.2, -0.15) is 0 Å². The van der Waals surface area contributed by atoms with Crippen molar-refractivity contribution in [1.29, 1.82) is 0 Å². The number of hydrogen-bond donors (Lipinski definition) is 1. The summed E-state index contributed by atoms with van der Waals surface area (Å²) in [4.78, 5) is 8.12. The van der Waals surface area contributed by atoms with Gasteiger partial charge in [-0.15, -0.1) is 0 Å². The summed E-state index contributed by atoms with van der Waals surface area (Å²) in [5.74, 6) is 1.17. The fourth-order valence-corrected chi connectivity index (χ4v) is 1.70. The summed E-state index contributed by atoms with van der Waals surface area (Å²) in [6.45, 7) is 1.92. The molecule has 0 aliphatic carbocycles. The van der Waals surface area contributed by atoms with Crippen LogP contribution in [0.25, 0.3) is 0 Å². The molecule has 0 fully saturated rings. The lowest BCUT2D eigenvalue weighted by molar-refractivity contribution is 0.189. The zero-order chi connectivity index (χ0) is 13.0. The molecule has 0 aliphatic rings. The average Bonchev–Trinajstić information content (AvgIpc) is 2.38. The Labute approximate surface area is 110 Å². The number of benzene rings is 1. The van der Waals surface area contributed by atoms with E-state index in [4.69, 9.17) is 16.3 Å². The molecule has 0 spiro atoms. The molecular weight excluding hydrogens is 252 g/mol. The molecule has 1 heterocycles. The van der Waals surface area contributed by atoms with Crippen molar-refractivity contribution < 1.29 is 9.84 Å². The third-order valence-electron chi connectivity index (χ3n) is 2.40. The lowest BCUT2D eigenvalue weighted by Gasteiger charge is -2.13. The minimum Gasteiger partial charge on any atom is -0.485 e. The zero-order valence-corrected chi connectivity index (χ0v) is 10.6. The van der Waals surface area contributed by atoms with E-state index >= 15 is 0 Å². The van der Waals surface area contributed by atoms with Crippen LogP contribution in [0.15, 0.2) is 36.7 Å². The molecule has 94 valence electrons. The topological polar surface area (TPSA) is 55.2 Å². The smallest absolute Gasteiger partial charge is 0.166 e. The molecule has 1 unspecified atom stereocenters. The summed E-state index contributed by atoms with van der Waals surface area (Å²) in [5.41, 5.74) is 0.651. The molecule has 0 radical (unpaired) electrons. The van der Waals surface area contributed by atoms with E-state index in [0.717, 1.165) is 0 Å². The number of ether oxygens (including phenoxy) is 1. The molecule has 18 heavy (non-hydrogen) atoms. The highest BCUT2D eigenvalue weighted by Crippen LogP contribution is 2.28. The Bertz CT molecular complexity index is 518. The Morgan fingerprint density at radius 3 is 2.72 bits per heavy atom. The van der Waals surface area contributed by atoms with Gasteiger partial charge in [-0.3, -0.25) is 0 Å². The highest BCUT2D eigenvalue weighted by molar-refractivity contribution is 6.30. The summed E-state index contributed by atoms with van der Waals surface area (Å²) in [6.07, 6.45) is 2.67. The normalized spacial score (nSPS) is 12.2. The number of rotatable bonds is 4. The highest BCUT2D eigenvalue weighted by Gasteiger charge is 2.10. The number of aromatic nitrogens is 2. The average molecular weight is 265 g/mol. The van der Waals surface area contributed by atoms with Crippen molar-refractivity contribution in [1.82, 2.24) is 9.97 Å². The van der Waals surface area contributed by atoms with Gasteiger partial charge in [-0.1, -0.05) is 11.6 Å². The number of halogens is 1. The van der Waals surface area contributed by atoms with Gasteiger partial charge in [0.2, 0.25) is 0 Å². The van der Waals surface area contributed by atoms with Gasteiger partial charge < -0.3 is 9.84 Å². The Balaban J connectivity index is 2.14. The van der Waals surface area contributed by atoms with Crippen LogP contribution in [0.2, 0.25) is 5.02 Å². The van der Waals surface area contributed by atoms with Gasteiger partial charge >= 0.3 is 0 Å². The first-order valence-electron chi connectivity index (χ1n) is 5.53. The predicted molar refractivity (Wildman–Crippen MR) is 68.4 cm³/mol.